The first-order chi connectivity index (χ1) is 8.86. The number of nitrogens with zero attached hydrogens (tertiary/aromatic N) is 2. The van der Waals surface area contributed by atoms with Crippen LogP contribution < -0.4 is 10.2 Å². The standard InChI is InChI=1S/C14H19N3S/c1-2-11-9-17(7-3-6-15-11)12-4-5-13-14(8-12)18-10-16-13/h4-5,8,10-11,15H,2-3,6-7,9H2,1H3. The third-order valence-electron chi connectivity index (χ3n) is 3.65. The third kappa shape index (κ3) is 2.35. The molecule has 0 spiro atoms. The van der Waals surface area contributed by atoms with Gasteiger partial charge in [0, 0.05) is 24.8 Å². The van der Waals surface area contributed by atoms with Crippen LogP contribution in [0.15, 0.2) is 23.7 Å². The second-order valence-corrected chi connectivity index (χ2v) is 5.75. The van der Waals surface area contributed by atoms with Crippen LogP contribution in [0.4, 0.5) is 5.69 Å². The minimum absolute atomic E-state index is 0.615. The number of benzene rings is 1. The molecule has 1 fully saturated rings. The Labute approximate surface area is 112 Å². The van der Waals surface area contributed by atoms with Gasteiger partial charge < -0.3 is 10.2 Å². The Bertz CT molecular complexity index is 522. The first-order valence-corrected chi connectivity index (χ1v) is 7.56. The van der Waals surface area contributed by atoms with E-state index in [1.54, 1.807) is 11.3 Å². The minimum Gasteiger partial charge on any atom is -0.370 e. The normalized spacial score (nSPS) is 21.2. The number of nitrogens with one attached hydrogen (secondary N) is 1. The van der Waals surface area contributed by atoms with Crippen LogP contribution >= 0.6 is 11.3 Å². The third-order valence-corrected chi connectivity index (χ3v) is 4.44. The van der Waals surface area contributed by atoms with Gasteiger partial charge >= 0.3 is 0 Å². The predicted molar refractivity (Wildman–Crippen MR) is 78.5 cm³/mol. The van der Waals surface area contributed by atoms with Crippen molar-refractivity contribution in [1.29, 1.82) is 0 Å². The summed E-state index contributed by atoms with van der Waals surface area (Å²) < 4.78 is 1.29. The molecule has 18 heavy (non-hydrogen) atoms. The number of thiazole rings is 1. The van der Waals surface area contributed by atoms with E-state index in [2.05, 4.69) is 40.3 Å². The zero-order valence-corrected chi connectivity index (χ0v) is 11.5. The zero-order chi connectivity index (χ0) is 12.4. The molecule has 1 unspecified atom stereocenters. The quantitative estimate of drug-likeness (QED) is 0.901. The summed E-state index contributed by atoms with van der Waals surface area (Å²) in [6, 6.07) is 7.25. The van der Waals surface area contributed by atoms with Crippen LogP contribution in [-0.4, -0.2) is 30.7 Å². The lowest BCUT2D eigenvalue weighted by molar-refractivity contribution is 0.528. The Balaban J connectivity index is 1.87. The summed E-state index contributed by atoms with van der Waals surface area (Å²) in [6.45, 7) is 5.65. The van der Waals surface area contributed by atoms with E-state index in [0.29, 0.717) is 6.04 Å². The van der Waals surface area contributed by atoms with Gasteiger partial charge in [-0.05, 0) is 37.6 Å². The van der Waals surface area contributed by atoms with Crippen molar-refractivity contribution < 1.29 is 0 Å². The fraction of sp³-hybridized carbons (Fsp3) is 0.500. The van der Waals surface area contributed by atoms with E-state index in [1.165, 1.54) is 23.2 Å². The van der Waals surface area contributed by atoms with Gasteiger partial charge in [0.15, 0.2) is 0 Å². The van der Waals surface area contributed by atoms with Gasteiger partial charge in [-0.3, -0.25) is 0 Å². The van der Waals surface area contributed by atoms with Crippen LogP contribution in [0.1, 0.15) is 19.8 Å². The summed E-state index contributed by atoms with van der Waals surface area (Å²) in [5, 5.41) is 3.61. The monoisotopic (exact) mass is 261 g/mol. The first-order valence-electron chi connectivity index (χ1n) is 6.68. The molecule has 1 atom stereocenters. The average molecular weight is 261 g/mol. The molecule has 1 aliphatic rings. The molecular weight excluding hydrogens is 242 g/mol. The van der Waals surface area contributed by atoms with Gasteiger partial charge in [0.05, 0.1) is 15.7 Å². The molecule has 0 saturated carbocycles. The summed E-state index contributed by atoms with van der Waals surface area (Å²) in [7, 11) is 0. The molecule has 2 heterocycles. The molecule has 4 heteroatoms. The Kier molecular flexibility index (Phi) is 3.48. The lowest BCUT2D eigenvalue weighted by Gasteiger charge is -2.26. The van der Waals surface area contributed by atoms with Gasteiger partial charge in [-0.25, -0.2) is 4.98 Å². The highest BCUT2D eigenvalue weighted by atomic mass is 32.1. The van der Waals surface area contributed by atoms with Crippen molar-refractivity contribution in [3.8, 4) is 0 Å². The molecule has 0 bridgehead atoms. The maximum atomic E-state index is 4.34. The van der Waals surface area contributed by atoms with Crippen LogP contribution in [-0.2, 0) is 0 Å². The van der Waals surface area contributed by atoms with E-state index < -0.39 is 0 Å². The van der Waals surface area contributed by atoms with Crippen LogP contribution in [0.3, 0.4) is 0 Å². The number of rotatable bonds is 2. The second kappa shape index (κ2) is 5.24. The molecule has 0 radical (unpaired) electrons. The van der Waals surface area contributed by atoms with E-state index >= 15 is 0 Å². The van der Waals surface area contributed by atoms with Crippen molar-refractivity contribution in [3.05, 3.63) is 23.7 Å². The number of hydrogen-bond acceptors (Lipinski definition) is 4. The molecule has 2 aromatic rings. The van der Waals surface area contributed by atoms with Gasteiger partial charge in [0.25, 0.3) is 0 Å². The molecule has 1 saturated heterocycles. The first kappa shape index (κ1) is 11.9. The summed E-state index contributed by atoms with van der Waals surface area (Å²) in [5.41, 5.74) is 4.38. The number of anilines is 1. The van der Waals surface area contributed by atoms with E-state index in [1.807, 2.05) is 5.51 Å². The molecule has 1 N–H and O–H groups in total. The van der Waals surface area contributed by atoms with Crippen LogP contribution in [0.25, 0.3) is 10.2 Å². The van der Waals surface area contributed by atoms with Gasteiger partial charge in [-0.1, -0.05) is 6.92 Å². The van der Waals surface area contributed by atoms with Crippen molar-refractivity contribution in [2.45, 2.75) is 25.8 Å². The van der Waals surface area contributed by atoms with E-state index in [9.17, 15) is 0 Å². The molecule has 1 aliphatic heterocycles. The van der Waals surface area contributed by atoms with Gasteiger partial charge in [0.1, 0.15) is 0 Å². The molecule has 1 aromatic carbocycles. The predicted octanol–water partition coefficient (Wildman–Crippen LogP) is 2.87. The number of aromatic nitrogens is 1. The maximum absolute atomic E-state index is 4.34. The summed E-state index contributed by atoms with van der Waals surface area (Å²) in [5.74, 6) is 0. The molecule has 0 aliphatic carbocycles. The highest BCUT2D eigenvalue weighted by Gasteiger charge is 2.16. The van der Waals surface area contributed by atoms with Gasteiger partial charge in [0.2, 0.25) is 0 Å². The Morgan fingerprint density at radius 1 is 1.50 bits per heavy atom. The van der Waals surface area contributed by atoms with E-state index in [-0.39, 0.29) is 0 Å². The molecule has 0 amide bonds. The fourth-order valence-electron chi connectivity index (χ4n) is 2.55. The highest BCUT2D eigenvalue weighted by molar-refractivity contribution is 7.16. The largest absolute Gasteiger partial charge is 0.370 e. The topological polar surface area (TPSA) is 28.2 Å². The van der Waals surface area contributed by atoms with Crippen molar-refractivity contribution in [1.82, 2.24) is 10.3 Å². The Morgan fingerprint density at radius 3 is 3.33 bits per heavy atom. The molecular formula is C14H19N3S. The minimum atomic E-state index is 0.615. The summed E-state index contributed by atoms with van der Waals surface area (Å²) >= 11 is 1.72. The van der Waals surface area contributed by atoms with Crippen molar-refractivity contribution in [2.24, 2.45) is 0 Å². The SMILES string of the molecule is CCC1CN(c2ccc3ncsc3c2)CCCN1. The van der Waals surface area contributed by atoms with Gasteiger partial charge in [-0.2, -0.15) is 0 Å². The van der Waals surface area contributed by atoms with Crippen LogP contribution in [0, 0.1) is 0 Å². The Morgan fingerprint density at radius 2 is 2.44 bits per heavy atom. The van der Waals surface area contributed by atoms with Crippen molar-refractivity contribution in [2.75, 3.05) is 24.5 Å². The second-order valence-electron chi connectivity index (χ2n) is 4.86. The number of hydrogen-bond donors (Lipinski definition) is 1. The summed E-state index contributed by atoms with van der Waals surface area (Å²) in [6.07, 6.45) is 2.41. The molecule has 96 valence electrons. The van der Waals surface area contributed by atoms with Crippen LogP contribution in [0.5, 0.6) is 0 Å². The average Bonchev–Trinajstić information content (AvgIpc) is 2.74. The van der Waals surface area contributed by atoms with Gasteiger partial charge in [-0.15, -0.1) is 11.3 Å². The molecule has 3 rings (SSSR count). The molecule has 3 nitrogen and oxygen atoms in total. The molecule has 1 aromatic heterocycles. The zero-order valence-electron chi connectivity index (χ0n) is 10.7. The van der Waals surface area contributed by atoms with Crippen LogP contribution in [0.2, 0.25) is 0 Å². The fourth-order valence-corrected chi connectivity index (χ4v) is 3.26. The van der Waals surface area contributed by atoms with E-state index in [4.69, 9.17) is 0 Å². The number of fused-ring (bicyclic) bond motifs is 1. The highest BCUT2D eigenvalue weighted by Crippen LogP contribution is 2.25. The Hall–Kier alpha value is -1.13. The van der Waals surface area contributed by atoms with Crippen molar-refractivity contribution >= 4 is 27.2 Å². The summed E-state index contributed by atoms with van der Waals surface area (Å²) in [4.78, 5) is 6.85. The maximum Gasteiger partial charge on any atom is 0.0813 e. The lowest BCUT2D eigenvalue weighted by atomic mass is 10.2. The van der Waals surface area contributed by atoms with Crippen molar-refractivity contribution in [3.63, 3.8) is 0 Å². The smallest absolute Gasteiger partial charge is 0.0813 e. The lowest BCUT2D eigenvalue weighted by Crippen LogP contribution is -2.37. The van der Waals surface area contributed by atoms with E-state index in [0.717, 1.165) is 25.2 Å².